The molecule has 6 heteroatoms. The Bertz CT molecular complexity index is 943. The van der Waals surface area contributed by atoms with Crippen LogP contribution in [0.15, 0.2) is 60.7 Å². The van der Waals surface area contributed by atoms with Crippen LogP contribution in [-0.4, -0.2) is 22.6 Å². The highest BCUT2D eigenvalue weighted by Crippen LogP contribution is 2.99. The standard InChI is InChI=1S/C36H54N2P4/c1-7-19-31(20-8-1)37-39(33-23-11-3-12-24-33)41(35-27-15-5-16-28-35)38(32-21-9-2-10-22-32)42(36-29-17-6-18-30-36)40(37)34-25-13-4-14-26-34/h1-2,7-10,19-22,33-36H,3-6,11-18,23-30H2. The van der Waals surface area contributed by atoms with Gasteiger partial charge in [0.15, 0.2) is 0 Å². The van der Waals surface area contributed by atoms with E-state index in [4.69, 9.17) is 0 Å². The van der Waals surface area contributed by atoms with Gasteiger partial charge in [0.25, 0.3) is 0 Å². The average molecular weight is 639 g/mol. The van der Waals surface area contributed by atoms with E-state index >= 15 is 0 Å². The number of nitrogens with zero attached hydrogens (tertiary/aromatic N) is 2. The maximum atomic E-state index is 3.39. The third-order valence-electron chi connectivity index (χ3n) is 10.8. The predicted octanol–water partition coefficient (Wildman–Crippen LogP) is 13.8. The lowest BCUT2D eigenvalue weighted by atomic mass is 10.0. The van der Waals surface area contributed by atoms with E-state index in [0.29, 0.717) is 0 Å². The van der Waals surface area contributed by atoms with Crippen molar-refractivity contribution in [3.05, 3.63) is 60.7 Å². The number of hydrogen-bond donors (Lipinski definition) is 0. The van der Waals surface area contributed by atoms with Crippen molar-refractivity contribution in [1.82, 2.24) is 0 Å². The van der Waals surface area contributed by atoms with Crippen molar-refractivity contribution in [2.24, 2.45) is 0 Å². The SMILES string of the molecule is c1ccc(N2P(C3CCCCC3)P(C3CCCCC3)N(c3ccccc3)P(C3CCCCC3)P2C2CCCCC2)cc1. The second kappa shape index (κ2) is 14.9. The molecule has 0 amide bonds. The van der Waals surface area contributed by atoms with E-state index in [0.717, 1.165) is 22.6 Å². The second-order valence-corrected chi connectivity index (χ2v) is 26.3. The summed E-state index contributed by atoms with van der Waals surface area (Å²) >= 11 is 0. The first-order chi connectivity index (χ1) is 20.9. The van der Waals surface area contributed by atoms with Crippen LogP contribution in [0.3, 0.4) is 0 Å². The Labute approximate surface area is 262 Å². The lowest BCUT2D eigenvalue weighted by Gasteiger charge is -2.64. The molecule has 0 radical (unpaired) electrons. The summed E-state index contributed by atoms with van der Waals surface area (Å²) in [5.74, 6) is 0. The van der Waals surface area contributed by atoms with E-state index in [1.165, 1.54) is 128 Å². The molecule has 1 aliphatic heterocycles. The lowest BCUT2D eigenvalue weighted by Crippen LogP contribution is -2.37. The van der Waals surface area contributed by atoms with Gasteiger partial charge >= 0.3 is 0 Å². The Hall–Kier alpha value is -0.240. The normalized spacial score (nSPS) is 31.3. The number of benzene rings is 2. The minimum atomic E-state index is -0.222. The van der Waals surface area contributed by atoms with Crippen LogP contribution in [0, 0.1) is 0 Å². The Morgan fingerprint density at radius 1 is 0.333 bits per heavy atom. The molecule has 42 heavy (non-hydrogen) atoms. The quantitative estimate of drug-likeness (QED) is 0.291. The third kappa shape index (κ3) is 6.51. The highest BCUT2D eigenvalue weighted by Gasteiger charge is 2.56. The molecule has 2 aromatic carbocycles. The molecule has 0 spiro atoms. The van der Waals surface area contributed by atoms with Gasteiger partial charge in [-0.05, 0) is 75.6 Å². The monoisotopic (exact) mass is 638 g/mol. The predicted molar refractivity (Wildman–Crippen MR) is 193 cm³/mol. The van der Waals surface area contributed by atoms with Crippen molar-refractivity contribution in [1.29, 1.82) is 0 Å². The molecule has 4 saturated carbocycles. The molecule has 5 aliphatic rings. The summed E-state index contributed by atoms with van der Waals surface area (Å²) in [5.41, 5.74) is 7.03. The molecule has 5 fully saturated rings. The molecule has 4 atom stereocenters. The lowest BCUT2D eigenvalue weighted by molar-refractivity contribution is 0.504. The summed E-state index contributed by atoms with van der Waals surface area (Å²) in [7, 11) is -0.886. The highest BCUT2D eigenvalue weighted by molar-refractivity contribution is 8.48. The van der Waals surface area contributed by atoms with Crippen LogP contribution < -0.4 is 8.88 Å². The van der Waals surface area contributed by atoms with Crippen LogP contribution >= 0.6 is 31.0 Å². The van der Waals surface area contributed by atoms with Crippen molar-refractivity contribution in [2.75, 3.05) is 8.88 Å². The summed E-state index contributed by atoms with van der Waals surface area (Å²) in [4.78, 5) is 0. The van der Waals surface area contributed by atoms with Gasteiger partial charge in [0.1, 0.15) is 0 Å². The summed E-state index contributed by atoms with van der Waals surface area (Å²) in [6.45, 7) is 0. The molecular weight excluding hydrogens is 584 g/mol. The number of anilines is 2. The van der Waals surface area contributed by atoms with Gasteiger partial charge in [-0.25, -0.2) is 0 Å². The summed E-state index contributed by atoms with van der Waals surface area (Å²) in [6, 6.07) is 24.4. The topological polar surface area (TPSA) is 6.48 Å². The van der Waals surface area contributed by atoms with Crippen LogP contribution in [0.1, 0.15) is 128 Å². The van der Waals surface area contributed by atoms with Gasteiger partial charge in [-0.3, -0.25) is 0 Å². The molecule has 0 N–H and O–H groups in total. The van der Waals surface area contributed by atoms with Crippen molar-refractivity contribution in [3.8, 4) is 0 Å². The smallest absolute Gasteiger partial charge is 0.0454 e. The van der Waals surface area contributed by atoms with Crippen LogP contribution in [0.5, 0.6) is 0 Å². The fourth-order valence-corrected chi connectivity index (χ4v) is 37.3. The molecule has 1 heterocycles. The first kappa shape index (κ1) is 30.4. The van der Waals surface area contributed by atoms with E-state index in [1.807, 2.05) is 0 Å². The minimum absolute atomic E-state index is 0.222. The van der Waals surface area contributed by atoms with Gasteiger partial charge in [0.2, 0.25) is 0 Å². The van der Waals surface area contributed by atoms with E-state index in [9.17, 15) is 0 Å². The zero-order valence-electron chi connectivity index (χ0n) is 25.9. The molecule has 7 rings (SSSR count). The number of para-hydroxylation sites is 2. The maximum absolute atomic E-state index is 3.39. The Morgan fingerprint density at radius 3 is 0.810 bits per heavy atom. The molecular formula is C36H54N2P4. The highest BCUT2D eigenvalue weighted by atomic mass is 32.1. The maximum Gasteiger partial charge on any atom is 0.0454 e. The molecule has 2 aromatic rings. The van der Waals surface area contributed by atoms with E-state index in [-0.39, 0.29) is 31.0 Å². The Kier molecular flexibility index (Phi) is 10.8. The summed E-state index contributed by atoms with van der Waals surface area (Å²) in [5, 5.41) is 0. The van der Waals surface area contributed by atoms with Crippen LogP contribution in [0.2, 0.25) is 0 Å². The first-order valence-electron chi connectivity index (χ1n) is 17.8. The number of hydrogen-bond acceptors (Lipinski definition) is 2. The van der Waals surface area contributed by atoms with E-state index in [2.05, 4.69) is 69.5 Å². The molecule has 1 saturated heterocycles. The Morgan fingerprint density at radius 2 is 0.571 bits per heavy atom. The van der Waals surface area contributed by atoms with Gasteiger partial charge in [0, 0.05) is 65.1 Å². The van der Waals surface area contributed by atoms with Crippen LogP contribution in [-0.2, 0) is 0 Å². The second-order valence-electron chi connectivity index (χ2n) is 13.7. The van der Waals surface area contributed by atoms with Gasteiger partial charge in [-0.2, -0.15) is 0 Å². The fraction of sp³-hybridized carbons (Fsp3) is 0.667. The van der Waals surface area contributed by atoms with Gasteiger partial charge in [0.05, 0.1) is 0 Å². The first-order valence-corrected chi connectivity index (χ1v) is 24.6. The zero-order valence-corrected chi connectivity index (χ0v) is 29.5. The van der Waals surface area contributed by atoms with Crippen molar-refractivity contribution in [2.45, 2.75) is 151 Å². The third-order valence-corrected chi connectivity index (χ3v) is 31.4. The Balaban J connectivity index is 1.45. The van der Waals surface area contributed by atoms with Crippen LogP contribution in [0.4, 0.5) is 11.4 Å². The molecule has 0 aromatic heterocycles. The van der Waals surface area contributed by atoms with Crippen molar-refractivity contribution in [3.63, 3.8) is 0 Å². The van der Waals surface area contributed by atoms with E-state index < -0.39 is 0 Å². The number of rotatable bonds is 6. The van der Waals surface area contributed by atoms with Crippen LogP contribution in [0.25, 0.3) is 0 Å². The van der Waals surface area contributed by atoms with Crippen molar-refractivity contribution >= 4 is 42.4 Å². The van der Waals surface area contributed by atoms with Gasteiger partial charge in [-0.15, -0.1) is 0 Å². The average Bonchev–Trinajstić information content (AvgIpc) is 3.09. The molecule has 4 unspecified atom stereocenters. The molecule has 228 valence electrons. The fourth-order valence-electron chi connectivity index (χ4n) is 8.67. The molecule has 2 nitrogen and oxygen atoms in total. The van der Waals surface area contributed by atoms with Crippen molar-refractivity contribution < 1.29 is 0 Å². The molecule has 4 aliphatic carbocycles. The molecule has 0 bridgehead atoms. The zero-order chi connectivity index (χ0) is 28.1. The van der Waals surface area contributed by atoms with Gasteiger partial charge in [-0.1, -0.05) is 113 Å². The largest absolute Gasteiger partial charge is 0.317 e. The minimum Gasteiger partial charge on any atom is -0.317 e. The summed E-state index contributed by atoms with van der Waals surface area (Å²) in [6.07, 6.45) is 29.7. The van der Waals surface area contributed by atoms with E-state index in [1.54, 1.807) is 11.4 Å². The summed E-state index contributed by atoms with van der Waals surface area (Å²) < 4.78 is 6.77. The van der Waals surface area contributed by atoms with Gasteiger partial charge < -0.3 is 8.88 Å².